The number of fused-ring (bicyclic) bond motifs is 5. The van der Waals surface area contributed by atoms with Crippen molar-refractivity contribution in [3.05, 3.63) is 51.5 Å². The number of aryl methyl sites for hydroxylation is 1. The summed E-state index contributed by atoms with van der Waals surface area (Å²) >= 11 is 1.53. The molecule has 3 aliphatic rings. The summed E-state index contributed by atoms with van der Waals surface area (Å²) in [7, 11) is 2.16. The first kappa shape index (κ1) is 27.0. The van der Waals surface area contributed by atoms with E-state index >= 15 is 0 Å². The van der Waals surface area contributed by atoms with Crippen molar-refractivity contribution in [2.45, 2.75) is 75.8 Å². The number of nitrogens with two attached hydrogens (primary N) is 1. The van der Waals surface area contributed by atoms with E-state index in [-0.39, 0.29) is 6.04 Å². The second-order valence-electron chi connectivity index (χ2n) is 12.3. The molecule has 6 heterocycles. The Morgan fingerprint density at radius 1 is 1.11 bits per heavy atom. The molecule has 2 aliphatic carbocycles. The Hall–Kier alpha value is -4.59. The second-order valence-corrected chi connectivity index (χ2v) is 13.4. The van der Waals surface area contributed by atoms with Crippen LogP contribution in [0.1, 0.15) is 84.4 Å². The van der Waals surface area contributed by atoms with E-state index in [1.807, 2.05) is 4.68 Å². The van der Waals surface area contributed by atoms with E-state index in [1.165, 1.54) is 22.4 Å². The number of hydrogen-bond acceptors (Lipinski definition) is 11. The largest absolute Gasteiger partial charge is 0.389 e. The molecule has 0 amide bonds. The Labute approximate surface area is 257 Å². The monoisotopic (exact) mass is 605 g/mol. The average Bonchev–Trinajstić information content (AvgIpc) is 3.86. The highest BCUT2D eigenvalue weighted by Crippen LogP contribution is 2.55. The molecule has 0 aromatic carbocycles. The Kier molecular flexibility index (Phi) is 6.12. The van der Waals surface area contributed by atoms with E-state index in [4.69, 9.17) is 25.3 Å². The molecule has 12 nitrogen and oxygen atoms in total. The van der Waals surface area contributed by atoms with E-state index in [1.54, 1.807) is 17.1 Å². The number of aromatic nitrogens is 7. The minimum atomic E-state index is -0.439. The molecule has 44 heavy (non-hydrogen) atoms. The van der Waals surface area contributed by atoms with Gasteiger partial charge in [-0.25, -0.2) is 19.3 Å². The fourth-order valence-electron chi connectivity index (χ4n) is 7.91. The third kappa shape index (κ3) is 3.79. The predicted octanol–water partition coefficient (Wildman–Crippen LogP) is 4.67. The molecule has 8 rings (SSSR count). The van der Waals surface area contributed by atoms with Gasteiger partial charge in [0, 0.05) is 16.5 Å². The van der Waals surface area contributed by atoms with Crippen LogP contribution in [0.5, 0.6) is 0 Å². The van der Waals surface area contributed by atoms with Gasteiger partial charge in [0.25, 0.3) is 0 Å². The molecule has 222 valence electrons. The van der Waals surface area contributed by atoms with E-state index in [9.17, 15) is 10.5 Å². The molecule has 13 heteroatoms. The third-order valence-corrected chi connectivity index (χ3v) is 11.0. The SMILES string of the molecule is C[C@@H]([C@@H]1CCCN1C)n1ncc2c(-n3cc(C#N)cn3)nc(-c3noc4c3CCC[C@@]43CCCc4sc(N)c(C#N)c43)nc21. The van der Waals surface area contributed by atoms with Crippen molar-refractivity contribution in [2.75, 3.05) is 19.3 Å². The molecule has 0 unspecified atom stereocenters. The van der Waals surface area contributed by atoms with Gasteiger partial charge >= 0.3 is 0 Å². The van der Waals surface area contributed by atoms with Gasteiger partial charge in [0.15, 0.2) is 28.7 Å². The molecule has 0 radical (unpaired) electrons. The zero-order valence-electron chi connectivity index (χ0n) is 24.6. The second kappa shape index (κ2) is 9.97. The predicted molar refractivity (Wildman–Crippen MR) is 163 cm³/mol. The Morgan fingerprint density at radius 2 is 1.95 bits per heavy atom. The first-order chi connectivity index (χ1) is 21.4. The van der Waals surface area contributed by atoms with Gasteiger partial charge in [-0.15, -0.1) is 11.3 Å². The maximum Gasteiger partial charge on any atom is 0.186 e. The molecule has 5 aromatic heterocycles. The lowest BCUT2D eigenvalue weighted by molar-refractivity contribution is 0.232. The topological polar surface area (TPSA) is 164 Å². The molecule has 0 saturated carbocycles. The third-order valence-electron chi connectivity index (χ3n) is 9.95. The van der Waals surface area contributed by atoms with E-state index in [2.05, 4.69) is 41.3 Å². The minimum Gasteiger partial charge on any atom is -0.389 e. The van der Waals surface area contributed by atoms with Crippen molar-refractivity contribution in [3.63, 3.8) is 0 Å². The fourth-order valence-corrected chi connectivity index (χ4v) is 9.07. The maximum atomic E-state index is 10.1. The van der Waals surface area contributed by atoms with Crippen molar-refractivity contribution in [1.29, 1.82) is 10.5 Å². The van der Waals surface area contributed by atoms with Crippen LogP contribution < -0.4 is 5.73 Å². The highest BCUT2D eigenvalue weighted by molar-refractivity contribution is 7.16. The molecule has 1 spiro atoms. The zero-order valence-corrected chi connectivity index (χ0v) is 25.4. The number of thiophene rings is 1. The molecule has 0 bridgehead atoms. The fraction of sp³-hybridized carbons (Fsp3) is 0.452. The summed E-state index contributed by atoms with van der Waals surface area (Å²) in [5, 5.41) is 34.8. The number of nitriles is 2. The molecule has 1 aliphatic heterocycles. The van der Waals surface area contributed by atoms with Gasteiger partial charge in [0.05, 0.1) is 46.6 Å². The van der Waals surface area contributed by atoms with E-state index < -0.39 is 5.41 Å². The lowest BCUT2D eigenvalue weighted by atomic mass is 9.63. The Bertz CT molecular complexity index is 2020. The maximum absolute atomic E-state index is 10.1. The van der Waals surface area contributed by atoms with Crippen LogP contribution in [-0.2, 0) is 18.3 Å². The number of hydrogen-bond donors (Lipinski definition) is 1. The van der Waals surface area contributed by atoms with Gasteiger partial charge in [0.1, 0.15) is 17.1 Å². The molecule has 1 saturated heterocycles. The van der Waals surface area contributed by atoms with Gasteiger partial charge < -0.3 is 15.2 Å². The van der Waals surface area contributed by atoms with Crippen LogP contribution in [0.4, 0.5) is 5.00 Å². The van der Waals surface area contributed by atoms with Crippen LogP contribution in [0.2, 0.25) is 0 Å². The van der Waals surface area contributed by atoms with E-state index in [0.717, 1.165) is 80.2 Å². The lowest BCUT2D eigenvalue weighted by Crippen LogP contribution is -2.35. The number of anilines is 1. The van der Waals surface area contributed by atoms with Crippen molar-refractivity contribution in [1.82, 2.24) is 39.6 Å². The summed E-state index contributed by atoms with van der Waals surface area (Å²) in [5.74, 6) is 1.77. The Morgan fingerprint density at radius 3 is 2.70 bits per heavy atom. The summed E-state index contributed by atoms with van der Waals surface area (Å²) in [6, 6.07) is 4.96. The molecule has 1 fully saturated rings. The Balaban J connectivity index is 1.32. The van der Waals surface area contributed by atoms with Crippen molar-refractivity contribution < 1.29 is 4.52 Å². The van der Waals surface area contributed by atoms with Gasteiger partial charge in [-0.1, -0.05) is 5.16 Å². The summed E-state index contributed by atoms with van der Waals surface area (Å²) in [6.07, 6.45) is 12.6. The summed E-state index contributed by atoms with van der Waals surface area (Å²) in [6.45, 7) is 3.24. The molecular weight excluding hydrogens is 574 g/mol. The summed E-state index contributed by atoms with van der Waals surface area (Å²) < 4.78 is 9.86. The van der Waals surface area contributed by atoms with Crippen molar-refractivity contribution in [3.8, 4) is 29.5 Å². The van der Waals surface area contributed by atoms with Gasteiger partial charge in [-0.05, 0) is 77.4 Å². The van der Waals surface area contributed by atoms with Gasteiger partial charge in [0.2, 0.25) is 0 Å². The first-order valence-corrected chi connectivity index (χ1v) is 16.0. The van der Waals surface area contributed by atoms with E-state index in [0.29, 0.717) is 45.2 Å². The summed E-state index contributed by atoms with van der Waals surface area (Å²) in [5.41, 5.74) is 10.2. The minimum absolute atomic E-state index is 0.0755. The smallest absolute Gasteiger partial charge is 0.186 e. The highest BCUT2D eigenvalue weighted by atomic mass is 32.1. The number of rotatable bonds is 4. The number of likely N-dealkylation sites (N-methyl/N-ethyl adjacent to an activating group) is 1. The standard InChI is InChI=1S/C31H31N11OS/c1-17(22-7-5-11-40(22)2)42-30-21(15-36-42)29(41-16-18(12-32)14-35-41)37-28(38-30)25-19-6-3-9-31(26(19)43-39-25)10-4-8-23-24(31)20(13-33)27(34)44-23/h14-17,22H,3-11,34H2,1-2H3/t17-,22-,31-/m0/s1. The molecule has 2 N–H and O–H groups in total. The first-order valence-electron chi connectivity index (χ1n) is 15.1. The van der Waals surface area contributed by atoms with Crippen LogP contribution in [0, 0.1) is 22.7 Å². The summed E-state index contributed by atoms with van der Waals surface area (Å²) in [4.78, 5) is 13.7. The molecule has 3 atom stereocenters. The lowest BCUT2D eigenvalue weighted by Gasteiger charge is -2.39. The van der Waals surface area contributed by atoms with Crippen molar-refractivity contribution >= 4 is 27.4 Å². The van der Waals surface area contributed by atoms with Crippen LogP contribution in [0.15, 0.2) is 23.1 Å². The number of nitrogen functional groups attached to an aromatic ring is 1. The van der Waals surface area contributed by atoms with Crippen molar-refractivity contribution in [2.24, 2.45) is 0 Å². The number of nitrogens with zero attached hydrogens (tertiary/aromatic N) is 10. The molecule has 5 aromatic rings. The van der Waals surface area contributed by atoms with Gasteiger partial charge in [-0.3, -0.25) is 0 Å². The highest BCUT2D eigenvalue weighted by Gasteiger charge is 2.49. The quantitative estimate of drug-likeness (QED) is 0.304. The van der Waals surface area contributed by atoms with Gasteiger partial charge in [-0.2, -0.15) is 20.7 Å². The molecular formula is C31H31N11OS. The van der Waals surface area contributed by atoms with Crippen LogP contribution in [0.3, 0.4) is 0 Å². The van der Waals surface area contributed by atoms with Crippen LogP contribution >= 0.6 is 11.3 Å². The normalized spacial score (nSPS) is 22.1. The zero-order chi connectivity index (χ0) is 30.2. The van der Waals surface area contributed by atoms with Crippen LogP contribution in [0.25, 0.3) is 28.4 Å². The average molecular weight is 606 g/mol. The number of likely N-dealkylation sites (tertiary alicyclic amines) is 1. The van der Waals surface area contributed by atoms with Crippen LogP contribution in [-0.4, -0.2) is 59.2 Å².